The SMILES string of the molecule is C[N+](C)(C)CC[N+]1(C)CC2C3CCCCC3=C3CCCCC3C2C1.[I-]. The lowest BCUT2D eigenvalue weighted by Gasteiger charge is -2.45. The number of likely N-dealkylation sites (N-methyl/N-ethyl adjacent to an activating group) is 2. The summed E-state index contributed by atoms with van der Waals surface area (Å²) in [4.78, 5) is 0. The molecule has 2 saturated carbocycles. The first-order valence-corrected chi connectivity index (χ1v) is 10.7. The fourth-order valence-electron chi connectivity index (χ4n) is 6.76. The Morgan fingerprint density at radius 1 is 0.840 bits per heavy atom. The van der Waals surface area contributed by atoms with E-state index in [9.17, 15) is 0 Å². The van der Waals surface area contributed by atoms with E-state index in [0.29, 0.717) is 0 Å². The lowest BCUT2D eigenvalue weighted by Crippen LogP contribution is -3.00. The zero-order chi connectivity index (χ0) is 16.9. The molecule has 1 aliphatic heterocycles. The molecule has 3 heteroatoms. The van der Waals surface area contributed by atoms with Gasteiger partial charge in [-0.05, 0) is 50.4 Å². The molecule has 4 aliphatic rings. The topological polar surface area (TPSA) is 0 Å². The van der Waals surface area contributed by atoms with Gasteiger partial charge in [-0.3, -0.25) is 0 Å². The van der Waals surface area contributed by atoms with Gasteiger partial charge in [0.2, 0.25) is 0 Å². The number of quaternary nitrogens is 2. The summed E-state index contributed by atoms with van der Waals surface area (Å²) >= 11 is 0. The molecule has 144 valence electrons. The lowest BCUT2D eigenvalue weighted by molar-refractivity contribution is -0.943. The molecule has 3 fully saturated rings. The summed E-state index contributed by atoms with van der Waals surface area (Å²) in [5.41, 5.74) is 3.99. The average molecular weight is 459 g/mol. The first-order valence-electron chi connectivity index (χ1n) is 10.7. The monoisotopic (exact) mass is 459 g/mol. The zero-order valence-electron chi connectivity index (χ0n) is 17.1. The minimum atomic E-state index is 0. The van der Waals surface area contributed by atoms with Crippen molar-refractivity contribution in [3.63, 3.8) is 0 Å². The third kappa shape index (κ3) is 3.99. The Labute approximate surface area is 173 Å². The van der Waals surface area contributed by atoms with Gasteiger partial charge in [-0.2, -0.15) is 0 Å². The van der Waals surface area contributed by atoms with E-state index in [-0.39, 0.29) is 24.0 Å². The van der Waals surface area contributed by atoms with Crippen molar-refractivity contribution in [2.75, 3.05) is 54.4 Å². The van der Waals surface area contributed by atoms with Crippen LogP contribution in [0, 0.1) is 23.7 Å². The standard InChI is InChI=1S/C22H40N2.HI/c1-23(2,3)13-14-24(4)15-21-19-11-7-5-9-17(19)18-10-6-8-12-20(18)22(21)16-24;/h19-22H,5-16H2,1-4H3;1H/q+2;/p-1. The Balaban J connectivity index is 0.00000182. The third-order valence-corrected chi connectivity index (χ3v) is 7.93. The van der Waals surface area contributed by atoms with Gasteiger partial charge < -0.3 is 32.9 Å². The second-order valence-corrected chi connectivity index (χ2v) is 10.8. The number of likely N-dealkylation sites (tertiary alicyclic amines) is 1. The molecule has 3 aliphatic carbocycles. The highest BCUT2D eigenvalue weighted by atomic mass is 127. The van der Waals surface area contributed by atoms with Crippen LogP contribution in [0.3, 0.4) is 0 Å². The Bertz CT molecular complexity index is 485. The molecule has 0 aromatic carbocycles. The maximum atomic E-state index is 2.58. The highest BCUT2D eigenvalue weighted by Crippen LogP contribution is 2.55. The van der Waals surface area contributed by atoms with Gasteiger partial charge in [-0.25, -0.2) is 0 Å². The smallest absolute Gasteiger partial charge is 0.128 e. The Morgan fingerprint density at radius 2 is 1.32 bits per heavy atom. The summed E-state index contributed by atoms with van der Waals surface area (Å²) in [6.07, 6.45) is 11.9. The van der Waals surface area contributed by atoms with Crippen molar-refractivity contribution in [2.45, 2.75) is 51.4 Å². The number of allylic oxidation sites excluding steroid dienone is 2. The molecule has 0 bridgehead atoms. The molecule has 0 N–H and O–H groups in total. The van der Waals surface area contributed by atoms with Crippen LogP contribution in [0.5, 0.6) is 0 Å². The fraction of sp³-hybridized carbons (Fsp3) is 0.909. The highest BCUT2D eigenvalue weighted by Gasteiger charge is 2.54. The molecular weight excluding hydrogens is 419 g/mol. The van der Waals surface area contributed by atoms with Crippen molar-refractivity contribution in [1.29, 1.82) is 0 Å². The largest absolute Gasteiger partial charge is 1.00 e. The van der Waals surface area contributed by atoms with Crippen molar-refractivity contribution < 1.29 is 32.9 Å². The predicted octanol–water partition coefficient (Wildman–Crippen LogP) is 1.08. The van der Waals surface area contributed by atoms with Crippen LogP contribution in [-0.4, -0.2) is 63.3 Å². The number of fused-ring (bicyclic) bond motifs is 5. The van der Waals surface area contributed by atoms with Crippen LogP contribution in [0.25, 0.3) is 0 Å². The third-order valence-electron chi connectivity index (χ3n) is 7.93. The number of hydrogen-bond acceptors (Lipinski definition) is 0. The average Bonchev–Trinajstić information content (AvgIpc) is 2.92. The molecule has 4 rings (SSSR count). The van der Waals surface area contributed by atoms with E-state index in [4.69, 9.17) is 0 Å². The first-order chi connectivity index (χ1) is 11.4. The molecule has 1 saturated heterocycles. The van der Waals surface area contributed by atoms with Gasteiger partial charge in [-0.1, -0.05) is 24.0 Å². The van der Waals surface area contributed by atoms with Crippen LogP contribution in [0.15, 0.2) is 11.1 Å². The highest BCUT2D eigenvalue weighted by molar-refractivity contribution is 5.28. The summed E-state index contributed by atoms with van der Waals surface area (Å²) in [6, 6.07) is 0. The summed E-state index contributed by atoms with van der Waals surface area (Å²) in [5, 5.41) is 0. The Hall–Kier alpha value is 0.390. The summed E-state index contributed by atoms with van der Waals surface area (Å²) in [6.45, 7) is 5.64. The van der Waals surface area contributed by atoms with E-state index in [2.05, 4.69) is 28.2 Å². The Morgan fingerprint density at radius 3 is 1.76 bits per heavy atom. The molecular formula is C22H40IN2+. The molecule has 0 aromatic rings. The number of hydrogen-bond donors (Lipinski definition) is 0. The van der Waals surface area contributed by atoms with E-state index in [1.54, 1.807) is 0 Å². The van der Waals surface area contributed by atoms with Crippen LogP contribution >= 0.6 is 0 Å². The van der Waals surface area contributed by atoms with E-state index in [1.807, 2.05) is 11.1 Å². The van der Waals surface area contributed by atoms with Gasteiger partial charge >= 0.3 is 0 Å². The Kier molecular flexibility index (Phi) is 5.98. The van der Waals surface area contributed by atoms with Crippen LogP contribution < -0.4 is 24.0 Å². The van der Waals surface area contributed by atoms with Crippen molar-refractivity contribution >= 4 is 0 Å². The van der Waals surface area contributed by atoms with Crippen molar-refractivity contribution in [3.8, 4) is 0 Å². The van der Waals surface area contributed by atoms with E-state index in [1.165, 1.54) is 82.0 Å². The van der Waals surface area contributed by atoms with Gasteiger partial charge in [0, 0.05) is 11.8 Å². The molecule has 4 atom stereocenters. The van der Waals surface area contributed by atoms with E-state index >= 15 is 0 Å². The maximum absolute atomic E-state index is 2.58. The van der Waals surface area contributed by atoms with Crippen LogP contribution in [0.2, 0.25) is 0 Å². The quantitative estimate of drug-likeness (QED) is 0.337. The molecule has 0 aromatic heterocycles. The molecule has 0 spiro atoms. The molecule has 2 nitrogen and oxygen atoms in total. The van der Waals surface area contributed by atoms with Gasteiger partial charge in [0.25, 0.3) is 0 Å². The number of rotatable bonds is 3. The fourth-order valence-corrected chi connectivity index (χ4v) is 6.76. The van der Waals surface area contributed by atoms with Crippen LogP contribution in [-0.2, 0) is 0 Å². The minimum absolute atomic E-state index is 0. The summed E-state index contributed by atoms with van der Waals surface area (Å²) in [7, 11) is 9.65. The summed E-state index contributed by atoms with van der Waals surface area (Å²) < 4.78 is 2.48. The maximum Gasteiger partial charge on any atom is 0.128 e. The lowest BCUT2D eigenvalue weighted by atomic mass is 9.58. The van der Waals surface area contributed by atoms with E-state index < -0.39 is 0 Å². The van der Waals surface area contributed by atoms with Gasteiger partial charge in [0.1, 0.15) is 13.1 Å². The van der Waals surface area contributed by atoms with Crippen LogP contribution in [0.1, 0.15) is 51.4 Å². The van der Waals surface area contributed by atoms with Gasteiger partial charge in [-0.15, -0.1) is 0 Å². The van der Waals surface area contributed by atoms with Crippen molar-refractivity contribution in [1.82, 2.24) is 0 Å². The molecule has 0 radical (unpaired) electrons. The zero-order valence-corrected chi connectivity index (χ0v) is 19.2. The molecule has 25 heavy (non-hydrogen) atoms. The number of halogens is 1. The molecule has 4 unspecified atom stereocenters. The van der Waals surface area contributed by atoms with Crippen molar-refractivity contribution in [2.24, 2.45) is 23.7 Å². The van der Waals surface area contributed by atoms with Gasteiger partial charge in [0.05, 0.1) is 41.3 Å². The predicted molar refractivity (Wildman–Crippen MR) is 102 cm³/mol. The van der Waals surface area contributed by atoms with E-state index in [0.717, 1.165) is 28.2 Å². The summed E-state index contributed by atoms with van der Waals surface area (Å²) in [5.74, 6) is 4.00. The second kappa shape index (κ2) is 7.43. The van der Waals surface area contributed by atoms with Crippen LogP contribution in [0.4, 0.5) is 0 Å². The normalized spacial score (nSPS) is 40.8. The minimum Gasteiger partial charge on any atom is -1.00 e. The second-order valence-electron chi connectivity index (χ2n) is 10.8. The number of nitrogens with zero attached hydrogens (tertiary/aromatic N) is 2. The van der Waals surface area contributed by atoms with Gasteiger partial charge in [0.15, 0.2) is 0 Å². The first kappa shape index (κ1) is 20.1. The van der Waals surface area contributed by atoms with Crippen molar-refractivity contribution in [3.05, 3.63) is 11.1 Å². The molecule has 0 amide bonds. The molecule has 1 heterocycles.